The van der Waals surface area contributed by atoms with Crippen molar-refractivity contribution in [3.05, 3.63) is 81.1 Å². The third-order valence-corrected chi connectivity index (χ3v) is 5.98. The lowest BCUT2D eigenvalue weighted by Gasteiger charge is -2.23. The number of aromatic nitrogens is 2. The zero-order valence-corrected chi connectivity index (χ0v) is 17.7. The first kappa shape index (κ1) is 21.7. The molecule has 0 saturated heterocycles. The van der Waals surface area contributed by atoms with Crippen LogP contribution in [0.25, 0.3) is 0 Å². The predicted octanol–water partition coefficient (Wildman–Crippen LogP) is 3.71. The second-order valence-electron chi connectivity index (χ2n) is 7.27. The van der Waals surface area contributed by atoms with Crippen molar-refractivity contribution in [1.82, 2.24) is 9.97 Å². The van der Waals surface area contributed by atoms with Gasteiger partial charge < -0.3 is 15.6 Å². The van der Waals surface area contributed by atoms with Crippen molar-refractivity contribution in [3.8, 4) is 0 Å². The van der Waals surface area contributed by atoms with E-state index in [1.807, 2.05) is 31.2 Å². The second kappa shape index (κ2) is 8.91. The van der Waals surface area contributed by atoms with E-state index in [1.165, 1.54) is 11.8 Å². The number of H-pyrrole nitrogens is 1. The maximum absolute atomic E-state index is 13.9. The van der Waals surface area contributed by atoms with Crippen LogP contribution in [-0.4, -0.2) is 21.8 Å². The van der Waals surface area contributed by atoms with Crippen molar-refractivity contribution in [2.45, 2.75) is 30.2 Å². The number of benzene rings is 2. The highest BCUT2D eigenvalue weighted by Gasteiger charge is 2.35. The number of carbonyl (C=O) groups excluding carboxylic acids is 2. The van der Waals surface area contributed by atoms with Crippen LogP contribution in [0.5, 0.6) is 0 Å². The van der Waals surface area contributed by atoms with Gasteiger partial charge in [0.15, 0.2) is 5.16 Å². The number of hydrogen-bond donors (Lipinski definition) is 3. The molecule has 2 amide bonds. The number of hydrogen-bond acceptors (Lipinski definition) is 5. The van der Waals surface area contributed by atoms with Crippen LogP contribution in [0.4, 0.5) is 20.3 Å². The predicted molar refractivity (Wildman–Crippen MR) is 117 cm³/mol. The Labute approximate surface area is 185 Å². The van der Waals surface area contributed by atoms with Gasteiger partial charge in [-0.3, -0.25) is 14.4 Å². The second-order valence-corrected chi connectivity index (χ2v) is 8.23. The third kappa shape index (κ3) is 4.54. The van der Waals surface area contributed by atoms with Crippen LogP contribution in [0, 0.1) is 18.6 Å². The highest BCUT2D eigenvalue weighted by molar-refractivity contribution is 7.98. The Morgan fingerprint density at radius 1 is 1.22 bits per heavy atom. The fourth-order valence-corrected chi connectivity index (χ4v) is 4.31. The number of anilines is 2. The Morgan fingerprint density at radius 2 is 2.00 bits per heavy atom. The Hall–Kier alpha value is -3.53. The number of carbonyl (C=O) groups is 2. The van der Waals surface area contributed by atoms with Gasteiger partial charge in [-0.05, 0) is 30.2 Å². The Kier molecular flexibility index (Phi) is 6.04. The summed E-state index contributed by atoms with van der Waals surface area (Å²) in [5.41, 5.74) is 1.34. The number of rotatable bonds is 5. The summed E-state index contributed by atoms with van der Waals surface area (Å²) in [7, 11) is 0. The van der Waals surface area contributed by atoms with E-state index in [4.69, 9.17) is 0 Å². The van der Waals surface area contributed by atoms with Gasteiger partial charge in [0.05, 0.1) is 17.2 Å². The summed E-state index contributed by atoms with van der Waals surface area (Å²) in [5, 5.41) is 5.14. The maximum Gasteiger partial charge on any atom is 0.257 e. The molecule has 0 spiro atoms. The number of aryl methyl sites for hydroxylation is 1. The molecule has 0 unspecified atom stereocenters. The van der Waals surface area contributed by atoms with Gasteiger partial charge in [-0.2, -0.15) is 0 Å². The normalized spacial score (nSPS) is 15.1. The summed E-state index contributed by atoms with van der Waals surface area (Å²) in [6.07, 6.45) is -0.303. The molecule has 1 aliphatic heterocycles. The van der Waals surface area contributed by atoms with Crippen LogP contribution in [-0.2, 0) is 15.3 Å². The number of nitrogens with zero attached hydrogens (tertiary/aromatic N) is 1. The highest BCUT2D eigenvalue weighted by Crippen LogP contribution is 2.31. The minimum absolute atomic E-state index is 0.00277. The molecule has 2 heterocycles. The Balaban J connectivity index is 1.59. The van der Waals surface area contributed by atoms with Gasteiger partial charge in [-0.1, -0.05) is 36.0 Å². The SMILES string of the molecule is Cc1ccccc1CSc1nc2c(c(=O)[nH]1)[C@@H](C(=O)Nc1ccc(F)cc1F)CC(=O)N2. The zero-order chi connectivity index (χ0) is 22.8. The topological polar surface area (TPSA) is 104 Å². The zero-order valence-electron chi connectivity index (χ0n) is 16.9. The van der Waals surface area contributed by atoms with Crippen molar-refractivity contribution in [2.75, 3.05) is 10.6 Å². The molecular formula is C22H18F2N4O3S. The van der Waals surface area contributed by atoms with E-state index in [0.717, 1.165) is 23.3 Å². The molecule has 164 valence electrons. The van der Waals surface area contributed by atoms with Crippen molar-refractivity contribution >= 4 is 35.1 Å². The smallest absolute Gasteiger partial charge is 0.257 e. The summed E-state index contributed by atoms with van der Waals surface area (Å²) >= 11 is 1.29. The van der Waals surface area contributed by atoms with Crippen molar-refractivity contribution in [2.24, 2.45) is 0 Å². The molecule has 7 nitrogen and oxygen atoms in total. The molecule has 1 aliphatic rings. The van der Waals surface area contributed by atoms with E-state index < -0.39 is 34.9 Å². The summed E-state index contributed by atoms with van der Waals surface area (Å²) in [4.78, 5) is 44.7. The van der Waals surface area contributed by atoms with Crippen LogP contribution in [0.1, 0.15) is 29.0 Å². The number of fused-ring (bicyclic) bond motifs is 1. The molecule has 0 bridgehead atoms. The summed E-state index contributed by atoms with van der Waals surface area (Å²) < 4.78 is 27.0. The molecule has 0 fully saturated rings. The summed E-state index contributed by atoms with van der Waals surface area (Å²) in [6.45, 7) is 1.98. The monoisotopic (exact) mass is 456 g/mol. The minimum atomic E-state index is -1.17. The van der Waals surface area contributed by atoms with E-state index in [1.54, 1.807) is 0 Å². The van der Waals surface area contributed by atoms with Crippen molar-refractivity contribution in [3.63, 3.8) is 0 Å². The van der Waals surface area contributed by atoms with Crippen LogP contribution < -0.4 is 16.2 Å². The molecule has 4 rings (SSSR count). The standard InChI is InChI=1S/C22H18F2N4O3S/c1-11-4-2-3-5-12(11)10-32-22-27-19-18(21(31)28-22)14(9-17(29)26-19)20(30)25-16-7-6-13(23)8-15(16)24/h2-8,14H,9-10H2,1H3,(H,25,30)(H2,26,27,28,29,31)/t14-/m0/s1. The average Bonchev–Trinajstić information content (AvgIpc) is 2.74. The fourth-order valence-electron chi connectivity index (χ4n) is 3.37. The molecule has 1 atom stereocenters. The van der Waals surface area contributed by atoms with Crippen LogP contribution in [0.2, 0.25) is 0 Å². The van der Waals surface area contributed by atoms with Crippen LogP contribution in [0.3, 0.4) is 0 Å². The van der Waals surface area contributed by atoms with E-state index in [2.05, 4.69) is 20.6 Å². The molecule has 32 heavy (non-hydrogen) atoms. The van der Waals surface area contributed by atoms with Gasteiger partial charge >= 0.3 is 0 Å². The molecule has 3 aromatic rings. The van der Waals surface area contributed by atoms with Crippen molar-refractivity contribution in [1.29, 1.82) is 0 Å². The van der Waals surface area contributed by atoms with E-state index in [-0.39, 0.29) is 23.5 Å². The van der Waals surface area contributed by atoms with Crippen LogP contribution in [0.15, 0.2) is 52.4 Å². The molecular weight excluding hydrogens is 438 g/mol. The van der Waals surface area contributed by atoms with Gasteiger partial charge in [0.2, 0.25) is 11.8 Å². The van der Waals surface area contributed by atoms with Crippen LogP contribution >= 0.6 is 11.8 Å². The summed E-state index contributed by atoms with van der Waals surface area (Å²) in [6, 6.07) is 10.5. The molecule has 1 aromatic heterocycles. The number of aromatic amines is 1. The Morgan fingerprint density at radius 3 is 2.75 bits per heavy atom. The molecule has 2 aromatic carbocycles. The van der Waals surface area contributed by atoms with E-state index in [9.17, 15) is 23.2 Å². The van der Waals surface area contributed by atoms with Gasteiger partial charge in [-0.25, -0.2) is 13.8 Å². The minimum Gasteiger partial charge on any atom is -0.323 e. The fraction of sp³-hybridized carbons (Fsp3) is 0.182. The largest absolute Gasteiger partial charge is 0.323 e. The molecule has 0 aliphatic carbocycles. The first-order valence-electron chi connectivity index (χ1n) is 9.69. The molecule has 0 radical (unpaired) electrons. The Bertz CT molecular complexity index is 1280. The van der Waals surface area contributed by atoms with E-state index in [0.29, 0.717) is 17.0 Å². The maximum atomic E-state index is 13.9. The van der Waals surface area contributed by atoms with E-state index >= 15 is 0 Å². The molecule has 10 heteroatoms. The number of thioether (sulfide) groups is 1. The number of amides is 2. The highest BCUT2D eigenvalue weighted by atomic mass is 32.2. The number of halogens is 2. The summed E-state index contributed by atoms with van der Waals surface area (Å²) in [5.74, 6) is -3.64. The van der Waals surface area contributed by atoms with Gasteiger partial charge in [0.25, 0.3) is 5.56 Å². The first-order valence-corrected chi connectivity index (χ1v) is 10.7. The van der Waals surface area contributed by atoms with Gasteiger partial charge in [-0.15, -0.1) is 0 Å². The first-order chi connectivity index (χ1) is 15.3. The van der Waals surface area contributed by atoms with Gasteiger partial charge in [0, 0.05) is 18.2 Å². The lowest BCUT2D eigenvalue weighted by atomic mass is 9.92. The molecule has 3 N–H and O–H groups in total. The quantitative estimate of drug-likeness (QED) is 0.401. The average molecular weight is 456 g/mol. The lowest BCUT2D eigenvalue weighted by Crippen LogP contribution is -2.36. The van der Waals surface area contributed by atoms with Gasteiger partial charge in [0.1, 0.15) is 17.5 Å². The third-order valence-electron chi connectivity index (χ3n) is 5.06. The van der Waals surface area contributed by atoms with Crippen molar-refractivity contribution < 1.29 is 18.4 Å². The molecule has 0 saturated carbocycles. The lowest BCUT2D eigenvalue weighted by molar-refractivity contribution is -0.123. The number of nitrogens with one attached hydrogen (secondary N) is 3.